The summed E-state index contributed by atoms with van der Waals surface area (Å²) < 4.78 is 4.97. The van der Waals surface area contributed by atoms with Crippen molar-refractivity contribution in [2.75, 3.05) is 0 Å². The van der Waals surface area contributed by atoms with Crippen molar-refractivity contribution in [1.82, 2.24) is 5.16 Å². The Kier molecular flexibility index (Phi) is 3.72. The second kappa shape index (κ2) is 5.27. The highest BCUT2D eigenvalue weighted by Gasteiger charge is 2.11. The van der Waals surface area contributed by atoms with Gasteiger partial charge in [0, 0.05) is 11.0 Å². The van der Waals surface area contributed by atoms with Crippen LogP contribution >= 0.6 is 11.8 Å². The number of rotatable bonds is 4. The van der Waals surface area contributed by atoms with Gasteiger partial charge in [-0.1, -0.05) is 22.9 Å². The Morgan fingerprint density at radius 2 is 2.17 bits per heavy atom. The number of carboxylic acid groups (broad SMARTS) is 1. The maximum Gasteiger partial charge on any atom is 0.358 e. The molecule has 2 aromatic rings. The standard InChI is InChI=1S/C13H13NO3S/c1-8-3-4-9(2)12(5-8)18-7-10-6-11(13(15)16)14-17-10/h3-6H,7H2,1-2H3,(H,15,16). The van der Waals surface area contributed by atoms with Gasteiger partial charge >= 0.3 is 5.97 Å². The Morgan fingerprint density at radius 3 is 2.83 bits per heavy atom. The van der Waals surface area contributed by atoms with Crippen LogP contribution in [0.25, 0.3) is 0 Å². The maximum atomic E-state index is 10.7. The quantitative estimate of drug-likeness (QED) is 0.857. The lowest BCUT2D eigenvalue weighted by molar-refractivity contribution is 0.0685. The Labute approximate surface area is 109 Å². The van der Waals surface area contributed by atoms with Gasteiger partial charge in [-0.15, -0.1) is 11.8 Å². The molecule has 0 spiro atoms. The lowest BCUT2D eigenvalue weighted by Gasteiger charge is -2.04. The molecule has 0 fully saturated rings. The third-order valence-corrected chi connectivity index (χ3v) is 3.67. The molecule has 0 unspecified atom stereocenters. The molecule has 0 saturated carbocycles. The second-order valence-corrected chi connectivity index (χ2v) is 5.06. The summed E-state index contributed by atoms with van der Waals surface area (Å²) in [6.07, 6.45) is 0. The predicted octanol–water partition coefficient (Wildman–Crippen LogP) is 3.28. The summed E-state index contributed by atoms with van der Waals surface area (Å²) in [6.45, 7) is 4.09. The van der Waals surface area contributed by atoms with Crippen LogP contribution in [-0.2, 0) is 5.75 Å². The van der Waals surface area contributed by atoms with E-state index in [1.807, 2.05) is 13.8 Å². The molecule has 18 heavy (non-hydrogen) atoms. The zero-order chi connectivity index (χ0) is 13.1. The van der Waals surface area contributed by atoms with E-state index in [4.69, 9.17) is 9.63 Å². The van der Waals surface area contributed by atoms with E-state index in [1.165, 1.54) is 22.1 Å². The normalized spacial score (nSPS) is 10.6. The number of carbonyl (C=O) groups is 1. The molecule has 0 aliphatic carbocycles. The topological polar surface area (TPSA) is 63.3 Å². The van der Waals surface area contributed by atoms with Crippen LogP contribution in [0, 0.1) is 13.8 Å². The lowest BCUT2D eigenvalue weighted by Crippen LogP contribution is -1.94. The molecule has 2 rings (SSSR count). The molecular formula is C13H13NO3S. The van der Waals surface area contributed by atoms with E-state index in [0.717, 1.165) is 0 Å². The molecular weight excluding hydrogens is 250 g/mol. The fourth-order valence-electron chi connectivity index (χ4n) is 1.49. The zero-order valence-electron chi connectivity index (χ0n) is 10.1. The summed E-state index contributed by atoms with van der Waals surface area (Å²) >= 11 is 1.61. The van der Waals surface area contributed by atoms with Crippen molar-refractivity contribution in [3.63, 3.8) is 0 Å². The van der Waals surface area contributed by atoms with Gasteiger partial charge < -0.3 is 9.63 Å². The van der Waals surface area contributed by atoms with E-state index in [9.17, 15) is 4.79 Å². The molecule has 4 nitrogen and oxygen atoms in total. The molecule has 0 radical (unpaired) electrons. The number of nitrogens with zero attached hydrogens (tertiary/aromatic N) is 1. The Balaban J connectivity index is 2.06. The molecule has 0 amide bonds. The van der Waals surface area contributed by atoms with Crippen LogP contribution in [0.2, 0.25) is 0 Å². The third kappa shape index (κ3) is 2.92. The van der Waals surface area contributed by atoms with Gasteiger partial charge in [-0.3, -0.25) is 0 Å². The third-order valence-electron chi connectivity index (χ3n) is 2.49. The lowest BCUT2D eigenvalue weighted by atomic mass is 10.2. The second-order valence-electron chi connectivity index (χ2n) is 4.04. The van der Waals surface area contributed by atoms with E-state index in [0.29, 0.717) is 11.5 Å². The van der Waals surface area contributed by atoms with E-state index >= 15 is 0 Å². The molecule has 1 N–H and O–H groups in total. The number of hydrogen-bond acceptors (Lipinski definition) is 4. The van der Waals surface area contributed by atoms with Crippen LogP contribution in [0.4, 0.5) is 0 Å². The average Bonchev–Trinajstić information content (AvgIpc) is 2.79. The Morgan fingerprint density at radius 1 is 1.39 bits per heavy atom. The number of carboxylic acids is 1. The van der Waals surface area contributed by atoms with Crippen LogP contribution in [-0.4, -0.2) is 16.2 Å². The minimum absolute atomic E-state index is 0.0495. The van der Waals surface area contributed by atoms with E-state index < -0.39 is 5.97 Å². The Bertz CT molecular complexity index is 577. The van der Waals surface area contributed by atoms with Crippen molar-refractivity contribution < 1.29 is 14.4 Å². The first-order chi connectivity index (χ1) is 8.56. The number of aromatic carboxylic acids is 1. The predicted molar refractivity (Wildman–Crippen MR) is 68.9 cm³/mol. The van der Waals surface area contributed by atoms with Gasteiger partial charge in [-0.05, 0) is 25.5 Å². The van der Waals surface area contributed by atoms with Crippen molar-refractivity contribution in [1.29, 1.82) is 0 Å². The molecule has 1 aromatic heterocycles. The molecule has 1 aromatic carbocycles. The first kappa shape index (κ1) is 12.7. The first-order valence-electron chi connectivity index (χ1n) is 5.45. The number of thioether (sulfide) groups is 1. The van der Waals surface area contributed by atoms with Crippen molar-refractivity contribution in [3.8, 4) is 0 Å². The summed E-state index contributed by atoms with van der Waals surface area (Å²) in [5.74, 6) is 0.0740. The Hall–Kier alpha value is -1.75. The monoisotopic (exact) mass is 263 g/mol. The SMILES string of the molecule is Cc1ccc(C)c(SCc2cc(C(=O)O)no2)c1. The van der Waals surface area contributed by atoms with Crippen molar-refractivity contribution in [2.45, 2.75) is 24.5 Å². The summed E-state index contributed by atoms with van der Waals surface area (Å²) in [4.78, 5) is 11.8. The van der Waals surface area contributed by atoms with Crippen molar-refractivity contribution in [2.24, 2.45) is 0 Å². The smallest absolute Gasteiger partial charge is 0.358 e. The van der Waals surface area contributed by atoms with Gasteiger partial charge in [0.25, 0.3) is 0 Å². The van der Waals surface area contributed by atoms with Gasteiger partial charge in [0.15, 0.2) is 5.69 Å². The average molecular weight is 263 g/mol. The molecule has 94 valence electrons. The summed E-state index contributed by atoms with van der Waals surface area (Å²) in [5.41, 5.74) is 2.35. The van der Waals surface area contributed by atoms with Crippen molar-refractivity contribution in [3.05, 3.63) is 46.8 Å². The molecule has 0 atom stereocenters. The largest absolute Gasteiger partial charge is 0.476 e. The van der Waals surface area contributed by atoms with Gasteiger partial charge in [0.1, 0.15) is 5.76 Å². The van der Waals surface area contributed by atoms with Crippen LogP contribution in [0.15, 0.2) is 33.7 Å². The fraction of sp³-hybridized carbons (Fsp3) is 0.231. The van der Waals surface area contributed by atoms with E-state index in [-0.39, 0.29) is 5.69 Å². The van der Waals surface area contributed by atoms with Gasteiger partial charge in [-0.25, -0.2) is 4.79 Å². The highest BCUT2D eigenvalue weighted by molar-refractivity contribution is 7.98. The fourth-order valence-corrected chi connectivity index (χ4v) is 2.49. The molecule has 1 heterocycles. The molecule has 0 aliphatic rings. The molecule has 5 heteroatoms. The number of aryl methyl sites for hydroxylation is 2. The van der Waals surface area contributed by atoms with Gasteiger partial charge in [0.05, 0.1) is 5.75 Å². The highest BCUT2D eigenvalue weighted by Crippen LogP contribution is 2.27. The summed E-state index contributed by atoms with van der Waals surface area (Å²) in [5, 5.41) is 12.2. The summed E-state index contributed by atoms with van der Waals surface area (Å²) in [6, 6.07) is 7.70. The minimum Gasteiger partial charge on any atom is -0.476 e. The number of benzene rings is 1. The highest BCUT2D eigenvalue weighted by atomic mass is 32.2. The van der Waals surface area contributed by atoms with Gasteiger partial charge in [0.2, 0.25) is 0 Å². The molecule has 0 saturated heterocycles. The molecule has 0 bridgehead atoms. The van der Waals surface area contributed by atoms with Crippen LogP contribution in [0.5, 0.6) is 0 Å². The van der Waals surface area contributed by atoms with Gasteiger partial charge in [-0.2, -0.15) is 0 Å². The summed E-state index contributed by atoms with van der Waals surface area (Å²) in [7, 11) is 0. The maximum absolute atomic E-state index is 10.7. The van der Waals surface area contributed by atoms with E-state index in [2.05, 4.69) is 23.4 Å². The van der Waals surface area contributed by atoms with Crippen LogP contribution in [0.1, 0.15) is 27.4 Å². The van der Waals surface area contributed by atoms with Crippen molar-refractivity contribution >= 4 is 17.7 Å². The molecule has 0 aliphatic heterocycles. The number of aromatic nitrogens is 1. The first-order valence-corrected chi connectivity index (χ1v) is 6.44. The van der Waals surface area contributed by atoms with Crippen LogP contribution < -0.4 is 0 Å². The van der Waals surface area contributed by atoms with E-state index in [1.54, 1.807) is 11.8 Å². The zero-order valence-corrected chi connectivity index (χ0v) is 11.0. The minimum atomic E-state index is -1.07. The number of hydrogen-bond donors (Lipinski definition) is 1. The van der Waals surface area contributed by atoms with Crippen LogP contribution in [0.3, 0.4) is 0 Å².